The van der Waals surface area contributed by atoms with E-state index < -0.39 is 15.8 Å². The molecule has 0 bridgehead atoms. The van der Waals surface area contributed by atoms with Crippen LogP contribution in [0, 0.1) is 5.82 Å². The van der Waals surface area contributed by atoms with Gasteiger partial charge >= 0.3 is 0 Å². The number of benzene rings is 2. The third-order valence-corrected chi connectivity index (χ3v) is 6.31. The first-order valence-electron chi connectivity index (χ1n) is 9.31. The molecule has 3 rings (SSSR count). The number of halogens is 1. The Balaban J connectivity index is 1.93. The summed E-state index contributed by atoms with van der Waals surface area (Å²) < 4.78 is 41.4. The quantitative estimate of drug-likeness (QED) is 0.626. The molecule has 2 aromatic carbocycles. The number of nitrogens with one attached hydrogen (secondary N) is 1. The minimum absolute atomic E-state index is 0.176. The average Bonchev–Trinajstić information content (AvgIpc) is 3.07. The highest BCUT2D eigenvalue weighted by atomic mass is 32.2. The molecule has 28 heavy (non-hydrogen) atoms. The molecule has 0 atom stereocenters. The monoisotopic (exact) mass is 403 g/mol. The second kappa shape index (κ2) is 8.43. The molecular weight excluding hydrogens is 377 g/mol. The zero-order valence-corrected chi connectivity index (χ0v) is 17.2. The molecule has 0 aliphatic carbocycles. The van der Waals surface area contributed by atoms with E-state index in [-0.39, 0.29) is 4.90 Å². The van der Waals surface area contributed by atoms with Crippen LogP contribution in [-0.4, -0.2) is 43.5 Å². The minimum atomic E-state index is -3.78. The fraction of sp³-hybridized carbons (Fsp3) is 0.333. The lowest BCUT2D eigenvalue weighted by Crippen LogP contribution is -2.32. The van der Waals surface area contributed by atoms with E-state index in [1.54, 1.807) is 24.3 Å². The maximum Gasteiger partial charge on any atom is 0.268 e. The fourth-order valence-corrected chi connectivity index (χ4v) is 4.58. The molecule has 5 nitrogen and oxygen atoms in total. The van der Waals surface area contributed by atoms with Crippen molar-refractivity contribution in [2.24, 2.45) is 0 Å². The van der Waals surface area contributed by atoms with E-state index >= 15 is 0 Å². The van der Waals surface area contributed by atoms with Crippen LogP contribution in [0.4, 0.5) is 4.39 Å². The molecule has 7 heteroatoms. The lowest BCUT2D eigenvalue weighted by Gasteiger charge is -2.19. The molecule has 3 aromatic rings. The minimum Gasteiger partial charge on any atom is -0.313 e. The third kappa shape index (κ3) is 4.43. The lowest BCUT2D eigenvalue weighted by atomic mass is 10.1. The highest BCUT2D eigenvalue weighted by Gasteiger charge is 2.20. The van der Waals surface area contributed by atoms with Gasteiger partial charge in [-0.05, 0) is 42.9 Å². The zero-order chi connectivity index (χ0) is 20.3. The Morgan fingerprint density at radius 2 is 1.86 bits per heavy atom. The second-order valence-electron chi connectivity index (χ2n) is 7.27. The van der Waals surface area contributed by atoms with Crippen molar-refractivity contribution in [3.63, 3.8) is 0 Å². The SMILES string of the molecule is CC(C)NCCN(C)Cc1cc(F)cc2c1ccn2S(=O)(=O)c1ccccc1. The topological polar surface area (TPSA) is 54.3 Å². The van der Waals surface area contributed by atoms with Gasteiger partial charge in [-0.1, -0.05) is 32.0 Å². The number of hydrogen-bond acceptors (Lipinski definition) is 4. The number of nitrogens with zero attached hydrogens (tertiary/aromatic N) is 2. The summed E-state index contributed by atoms with van der Waals surface area (Å²) in [5, 5.41) is 4.09. The smallest absolute Gasteiger partial charge is 0.268 e. The van der Waals surface area contributed by atoms with Gasteiger partial charge in [-0.25, -0.2) is 16.8 Å². The standard InChI is InChI=1S/C21H26FN3O2S/c1-16(2)23-10-12-24(3)15-17-13-18(22)14-21-20(17)9-11-25(21)28(26,27)19-7-5-4-6-8-19/h4-9,11,13-14,16,23H,10,12,15H2,1-3H3. The largest absolute Gasteiger partial charge is 0.313 e. The Bertz CT molecular complexity index is 1050. The van der Waals surface area contributed by atoms with Gasteiger partial charge in [0.05, 0.1) is 10.4 Å². The normalized spacial score (nSPS) is 12.4. The Morgan fingerprint density at radius 1 is 1.14 bits per heavy atom. The van der Waals surface area contributed by atoms with Crippen molar-refractivity contribution in [3.05, 3.63) is 66.1 Å². The maximum absolute atomic E-state index is 14.3. The summed E-state index contributed by atoms with van der Waals surface area (Å²) in [7, 11) is -1.81. The van der Waals surface area contributed by atoms with Crippen molar-refractivity contribution >= 4 is 20.9 Å². The van der Waals surface area contributed by atoms with Crippen LogP contribution < -0.4 is 5.32 Å². The first-order chi connectivity index (χ1) is 13.3. The molecule has 0 saturated carbocycles. The van der Waals surface area contributed by atoms with Gasteiger partial charge in [-0.2, -0.15) is 0 Å². The van der Waals surface area contributed by atoms with E-state index in [1.807, 2.05) is 7.05 Å². The van der Waals surface area contributed by atoms with Crippen LogP contribution in [-0.2, 0) is 16.6 Å². The number of hydrogen-bond donors (Lipinski definition) is 1. The number of rotatable bonds is 8. The maximum atomic E-state index is 14.3. The van der Waals surface area contributed by atoms with Gasteiger partial charge in [0, 0.05) is 37.3 Å². The molecule has 0 radical (unpaired) electrons. The predicted molar refractivity (Wildman–Crippen MR) is 110 cm³/mol. The van der Waals surface area contributed by atoms with Crippen molar-refractivity contribution in [1.29, 1.82) is 0 Å². The van der Waals surface area contributed by atoms with E-state index in [0.717, 1.165) is 28.0 Å². The molecule has 1 N–H and O–H groups in total. The zero-order valence-electron chi connectivity index (χ0n) is 16.4. The van der Waals surface area contributed by atoms with Crippen LogP contribution in [0.2, 0.25) is 0 Å². The molecule has 0 saturated heterocycles. The summed E-state index contributed by atoms with van der Waals surface area (Å²) in [6.45, 7) is 6.34. The van der Waals surface area contributed by atoms with E-state index in [9.17, 15) is 12.8 Å². The van der Waals surface area contributed by atoms with Gasteiger partial charge in [0.1, 0.15) is 5.82 Å². The van der Waals surface area contributed by atoms with Crippen molar-refractivity contribution in [2.75, 3.05) is 20.1 Å². The Kier molecular flexibility index (Phi) is 6.17. The number of likely N-dealkylation sites (N-methyl/N-ethyl adjacent to an activating group) is 1. The lowest BCUT2D eigenvalue weighted by molar-refractivity contribution is 0.320. The fourth-order valence-electron chi connectivity index (χ4n) is 3.22. The molecule has 0 fully saturated rings. The van der Waals surface area contributed by atoms with Gasteiger partial charge in [0.2, 0.25) is 0 Å². The first-order valence-corrected chi connectivity index (χ1v) is 10.7. The summed E-state index contributed by atoms with van der Waals surface area (Å²) in [6.07, 6.45) is 1.50. The number of fused-ring (bicyclic) bond motifs is 1. The van der Waals surface area contributed by atoms with Gasteiger partial charge in [-0.3, -0.25) is 0 Å². The Morgan fingerprint density at radius 3 is 2.54 bits per heavy atom. The summed E-state index contributed by atoms with van der Waals surface area (Å²) >= 11 is 0. The van der Waals surface area contributed by atoms with Crippen LogP contribution in [0.1, 0.15) is 19.4 Å². The van der Waals surface area contributed by atoms with Gasteiger partial charge in [0.25, 0.3) is 10.0 Å². The van der Waals surface area contributed by atoms with E-state index in [0.29, 0.717) is 18.1 Å². The van der Waals surface area contributed by atoms with Crippen LogP contribution in [0.15, 0.2) is 59.6 Å². The molecule has 1 heterocycles. The van der Waals surface area contributed by atoms with Crippen LogP contribution in [0.3, 0.4) is 0 Å². The third-order valence-electron chi connectivity index (χ3n) is 4.61. The molecule has 0 amide bonds. The second-order valence-corrected chi connectivity index (χ2v) is 9.09. The van der Waals surface area contributed by atoms with E-state index in [2.05, 4.69) is 24.1 Å². The summed E-state index contributed by atoms with van der Waals surface area (Å²) in [4.78, 5) is 2.27. The Hall–Kier alpha value is -2.22. The van der Waals surface area contributed by atoms with Crippen LogP contribution in [0.5, 0.6) is 0 Å². The highest BCUT2D eigenvalue weighted by Crippen LogP contribution is 2.26. The first kappa shape index (κ1) is 20.5. The molecule has 0 unspecified atom stereocenters. The van der Waals surface area contributed by atoms with Crippen molar-refractivity contribution in [1.82, 2.24) is 14.2 Å². The van der Waals surface area contributed by atoms with Crippen LogP contribution >= 0.6 is 0 Å². The van der Waals surface area contributed by atoms with Crippen LogP contribution in [0.25, 0.3) is 10.9 Å². The van der Waals surface area contributed by atoms with E-state index in [4.69, 9.17) is 0 Å². The van der Waals surface area contributed by atoms with Gasteiger partial charge in [-0.15, -0.1) is 0 Å². The number of aromatic nitrogens is 1. The molecule has 1 aromatic heterocycles. The highest BCUT2D eigenvalue weighted by molar-refractivity contribution is 7.90. The molecule has 0 aliphatic heterocycles. The van der Waals surface area contributed by atoms with Crippen molar-refractivity contribution in [3.8, 4) is 0 Å². The predicted octanol–water partition coefficient (Wildman–Crippen LogP) is 3.45. The summed E-state index contributed by atoms with van der Waals surface area (Å²) in [5.74, 6) is -0.445. The molecule has 150 valence electrons. The summed E-state index contributed by atoms with van der Waals surface area (Å²) in [5.41, 5.74) is 1.12. The average molecular weight is 404 g/mol. The Labute approximate surface area is 165 Å². The molecule has 0 spiro atoms. The molecular formula is C21H26FN3O2S. The van der Waals surface area contributed by atoms with Crippen molar-refractivity contribution in [2.45, 2.75) is 31.3 Å². The van der Waals surface area contributed by atoms with Crippen molar-refractivity contribution < 1.29 is 12.8 Å². The van der Waals surface area contributed by atoms with Gasteiger partial charge in [0.15, 0.2) is 0 Å². The molecule has 0 aliphatic rings. The van der Waals surface area contributed by atoms with Gasteiger partial charge < -0.3 is 10.2 Å². The summed E-state index contributed by atoms with van der Waals surface area (Å²) in [6, 6.07) is 13.1. The van der Waals surface area contributed by atoms with E-state index in [1.165, 1.54) is 30.5 Å².